The Morgan fingerprint density at radius 1 is 1.07 bits per heavy atom. The van der Waals surface area contributed by atoms with Crippen LogP contribution < -0.4 is 5.32 Å². The second-order valence-corrected chi connectivity index (χ2v) is 6.83. The second-order valence-electron chi connectivity index (χ2n) is 6.83. The Morgan fingerprint density at radius 3 is 2.59 bits per heavy atom. The maximum atomic E-state index is 12.2. The Morgan fingerprint density at radius 2 is 1.86 bits per heavy atom. The fraction of sp³-hybridized carbons (Fsp3) is 0.389. The van der Waals surface area contributed by atoms with Gasteiger partial charge in [-0.25, -0.2) is 14.5 Å². The lowest BCUT2D eigenvalue weighted by Crippen LogP contribution is -2.22. The highest BCUT2D eigenvalue weighted by molar-refractivity contribution is 5.98. The van der Waals surface area contributed by atoms with Crippen molar-refractivity contribution < 1.29 is 4.79 Å². The van der Waals surface area contributed by atoms with Crippen LogP contribution in [-0.4, -0.2) is 57.1 Å². The van der Waals surface area contributed by atoms with Crippen molar-refractivity contribution in [3.05, 3.63) is 41.1 Å². The Bertz CT molecular complexity index is 1180. The largest absolute Gasteiger partial charge is 0.354 e. The third-order valence-electron chi connectivity index (χ3n) is 4.80. The molecule has 4 heterocycles. The summed E-state index contributed by atoms with van der Waals surface area (Å²) in [5.74, 6) is 1.73. The van der Waals surface area contributed by atoms with Gasteiger partial charge in [0.2, 0.25) is 0 Å². The van der Waals surface area contributed by atoms with Gasteiger partial charge in [0.25, 0.3) is 5.91 Å². The van der Waals surface area contributed by atoms with Gasteiger partial charge in [-0.1, -0.05) is 0 Å². The van der Waals surface area contributed by atoms with E-state index in [1.165, 1.54) is 4.68 Å². The standard InChI is InChI=1S/C18H22N10O/c1-10-8-20-11(2)17-22-13(24-28(10)17)6-7-14-23-16(25-26(14)4)12-9-21-27(5)15(12)18(29)19-3/h8-9H,6-7H2,1-5H3,(H,19,29). The molecule has 4 aromatic rings. The highest BCUT2D eigenvalue weighted by Gasteiger charge is 2.21. The van der Waals surface area contributed by atoms with Gasteiger partial charge in [0, 0.05) is 40.2 Å². The minimum atomic E-state index is -0.234. The first-order chi connectivity index (χ1) is 13.9. The first-order valence-electron chi connectivity index (χ1n) is 9.21. The molecule has 0 aliphatic rings. The maximum absolute atomic E-state index is 12.2. The number of hydrogen-bond acceptors (Lipinski definition) is 7. The summed E-state index contributed by atoms with van der Waals surface area (Å²) in [5.41, 5.74) is 3.56. The second kappa shape index (κ2) is 7.08. The number of nitrogens with one attached hydrogen (secondary N) is 1. The van der Waals surface area contributed by atoms with Crippen molar-refractivity contribution in [2.45, 2.75) is 26.7 Å². The lowest BCUT2D eigenvalue weighted by atomic mass is 10.2. The molecule has 0 aliphatic carbocycles. The molecule has 0 aliphatic heterocycles. The van der Waals surface area contributed by atoms with Crippen LogP contribution in [0.4, 0.5) is 0 Å². The molecule has 11 heteroatoms. The molecule has 0 radical (unpaired) electrons. The minimum Gasteiger partial charge on any atom is -0.354 e. The van der Waals surface area contributed by atoms with E-state index in [1.807, 2.05) is 25.4 Å². The fourth-order valence-electron chi connectivity index (χ4n) is 3.20. The Balaban J connectivity index is 1.59. The third-order valence-corrected chi connectivity index (χ3v) is 4.80. The number of carbonyl (C=O) groups excluding carboxylic acids is 1. The van der Waals surface area contributed by atoms with Crippen LogP contribution in [0.25, 0.3) is 17.0 Å². The van der Waals surface area contributed by atoms with Gasteiger partial charge >= 0.3 is 0 Å². The predicted molar refractivity (Wildman–Crippen MR) is 104 cm³/mol. The molecule has 0 unspecified atom stereocenters. The van der Waals surface area contributed by atoms with Crippen molar-refractivity contribution in [1.29, 1.82) is 0 Å². The molecule has 0 fully saturated rings. The lowest BCUT2D eigenvalue weighted by Gasteiger charge is -2.01. The van der Waals surface area contributed by atoms with Gasteiger partial charge in [-0.3, -0.25) is 19.1 Å². The van der Waals surface area contributed by atoms with Crippen molar-refractivity contribution in [3.8, 4) is 11.4 Å². The van der Waals surface area contributed by atoms with Crippen molar-refractivity contribution in [3.63, 3.8) is 0 Å². The molecule has 29 heavy (non-hydrogen) atoms. The van der Waals surface area contributed by atoms with Crippen molar-refractivity contribution in [1.82, 2.24) is 49.4 Å². The molecule has 0 aromatic carbocycles. The van der Waals surface area contributed by atoms with E-state index < -0.39 is 0 Å². The van der Waals surface area contributed by atoms with Gasteiger partial charge < -0.3 is 5.32 Å². The molecule has 11 nitrogen and oxygen atoms in total. The van der Waals surface area contributed by atoms with Crippen LogP contribution >= 0.6 is 0 Å². The van der Waals surface area contributed by atoms with Crippen LogP contribution in [0.2, 0.25) is 0 Å². The van der Waals surface area contributed by atoms with Crippen LogP contribution in [0.15, 0.2) is 12.4 Å². The monoisotopic (exact) mass is 394 g/mol. The number of rotatable bonds is 5. The first-order valence-corrected chi connectivity index (χ1v) is 9.21. The summed E-state index contributed by atoms with van der Waals surface area (Å²) in [5, 5.41) is 15.8. The van der Waals surface area contributed by atoms with E-state index in [4.69, 9.17) is 0 Å². The van der Waals surface area contributed by atoms with E-state index in [2.05, 4.69) is 35.6 Å². The van der Waals surface area contributed by atoms with E-state index in [-0.39, 0.29) is 5.91 Å². The smallest absolute Gasteiger partial charge is 0.270 e. The number of aromatic nitrogens is 9. The Labute approximate surface area is 166 Å². The van der Waals surface area contributed by atoms with Gasteiger partial charge in [-0.2, -0.15) is 15.3 Å². The zero-order valence-electron chi connectivity index (χ0n) is 17.0. The minimum absolute atomic E-state index is 0.234. The normalized spacial score (nSPS) is 11.3. The molecular weight excluding hydrogens is 372 g/mol. The Hall–Kier alpha value is -3.63. The summed E-state index contributed by atoms with van der Waals surface area (Å²) >= 11 is 0. The van der Waals surface area contributed by atoms with Crippen molar-refractivity contribution in [2.75, 3.05) is 7.05 Å². The quantitative estimate of drug-likeness (QED) is 0.520. The van der Waals surface area contributed by atoms with Gasteiger partial charge in [0.15, 0.2) is 17.3 Å². The highest BCUT2D eigenvalue weighted by atomic mass is 16.1. The molecule has 0 saturated heterocycles. The van der Waals surface area contributed by atoms with E-state index in [1.54, 1.807) is 31.2 Å². The molecule has 0 saturated carbocycles. The number of carbonyl (C=O) groups is 1. The van der Waals surface area contributed by atoms with Crippen LogP contribution in [0.5, 0.6) is 0 Å². The van der Waals surface area contributed by atoms with Gasteiger partial charge in [0.05, 0.1) is 23.1 Å². The van der Waals surface area contributed by atoms with Crippen LogP contribution in [0.1, 0.15) is 33.5 Å². The van der Waals surface area contributed by atoms with Gasteiger partial charge in [-0.05, 0) is 13.8 Å². The van der Waals surface area contributed by atoms with Crippen LogP contribution in [0.3, 0.4) is 0 Å². The summed E-state index contributed by atoms with van der Waals surface area (Å²) in [6.45, 7) is 3.87. The molecule has 0 atom stereocenters. The third kappa shape index (κ3) is 3.24. The molecule has 1 N–H and O–H groups in total. The Kier molecular flexibility index (Phi) is 4.57. The number of fused-ring (bicyclic) bond motifs is 1. The van der Waals surface area contributed by atoms with Crippen LogP contribution in [-0.2, 0) is 26.9 Å². The SMILES string of the molecule is CNC(=O)c1c(-c2nc(CCc3nc4c(C)ncc(C)n4n3)n(C)n2)cnn1C. The van der Waals surface area contributed by atoms with E-state index in [0.29, 0.717) is 29.9 Å². The van der Waals surface area contributed by atoms with E-state index in [0.717, 1.165) is 28.7 Å². The fourth-order valence-corrected chi connectivity index (χ4v) is 3.20. The summed E-state index contributed by atoms with van der Waals surface area (Å²) in [4.78, 5) is 25.7. The topological polar surface area (TPSA) is 121 Å². The van der Waals surface area contributed by atoms with Gasteiger partial charge in [-0.15, -0.1) is 0 Å². The summed E-state index contributed by atoms with van der Waals surface area (Å²) in [6, 6.07) is 0. The van der Waals surface area contributed by atoms with Crippen molar-refractivity contribution >= 4 is 11.6 Å². The van der Waals surface area contributed by atoms with Crippen LogP contribution in [0, 0.1) is 13.8 Å². The molecule has 4 aromatic heterocycles. The lowest BCUT2D eigenvalue weighted by molar-refractivity contribution is 0.0954. The average molecular weight is 394 g/mol. The number of aryl methyl sites for hydroxylation is 6. The molecule has 0 spiro atoms. The molecule has 0 bridgehead atoms. The van der Waals surface area contributed by atoms with E-state index in [9.17, 15) is 4.79 Å². The zero-order chi connectivity index (χ0) is 20.7. The van der Waals surface area contributed by atoms with E-state index >= 15 is 0 Å². The molecule has 150 valence electrons. The molecular formula is C18H22N10O. The number of hydrogen-bond donors (Lipinski definition) is 1. The zero-order valence-corrected chi connectivity index (χ0v) is 17.0. The maximum Gasteiger partial charge on any atom is 0.270 e. The highest BCUT2D eigenvalue weighted by Crippen LogP contribution is 2.20. The van der Waals surface area contributed by atoms with Gasteiger partial charge in [0.1, 0.15) is 11.5 Å². The van der Waals surface area contributed by atoms with Crippen molar-refractivity contribution in [2.24, 2.45) is 14.1 Å². The average Bonchev–Trinajstić information content (AvgIpc) is 3.39. The number of nitrogens with zero attached hydrogens (tertiary/aromatic N) is 9. The number of amides is 1. The predicted octanol–water partition coefficient (Wildman–Crippen LogP) is 0.415. The first kappa shape index (κ1) is 18.7. The molecule has 4 rings (SSSR count). The molecule has 1 amide bonds. The summed E-state index contributed by atoms with van der Waals surface area (Å²) in [6.07, 6.45) is 4.61. The summed E-state index contributed by atoms with van der Waals surface area (Å²) < 4.78 is 5.04. The summed E-state index contributed by atoms with van der Waals surface area (Å²) in [7, 11) is 5.13.